The first-order valence-corrected chi connectivity index (χ1v) is 9.94. The van der Waals surface area contributed by atoms with Crippen molar-refractivity contribution in [2.45, 2.75) is 56.2 Å². The van der Waals surface area contributed by atoms with Gasteiger partial charge < -0.3 is 15.5 Å². The van der Waals surface area contributed by atoms with E-state index in [9.17, 15) is 9.59 Å². The molecular formula is C19H29N3O2S. The van der Waals surface area contributed by atoms with E-state index in [1.807, 2.05) is 31.2 Å². The van der Waals surface area contributed by atoms with Crippen molar-refractivity contribution in [3.63, 3.8) is 0 Å². The second-order valence-corrected chi connectivity index (χ2v) is 7.89. The van der Waals surface area contributed by atoms with Gasteiger partial charge in [0.05, 0.1) is 5.25 Å². The van der Waals surface area contributed by atoms with Gasteiger partial charge in [-0.2, -0.15) is 0 Å². The Morgan fingerprint density at radius 2 is 1.92 bits per heavy atom. The fourth-order valence-corrected chi connectivity index (χ4v) is 4.08. The van der Waals surface area contributed by atoms with Gasteiger partial charge in [0.15, 0.2) is 0 Å². The Morgan fingerprint density at radius 3 is 2.48 bits per heavy atom. The Bertz CT molecular complexity index is 571. The summed E-state index contributed by atoms with van der Waals surface area (Å²) in [6.07, 6.45) is 3.06. The zero-order valence-corrected chi connectivity index (χ0v) is 16.2. The molecule has 0 spiro atoms. The van der Waals surface area contributed by atoms with Gasteiger partial charge in [-0.3, -0.25) is 9.59 Å². The molecule has 0 radical (unpaired) electrons. The quantitative estimate of drug-likeness (QED) is 0.731. The number of carbonyl (C=O) groups is 2. The zero-order chi connectivity index (χ0) is 18.2. The van der Waals surface area contributed by atoms with Crippen molar-refractivity contribution in [2.24, 2.45) is 0 Å². The average molecular weight is 364 g/mol. The first-order valence-electron chi connectivity index (χ1n) is 9.06. The van der Waals surface area contributed by atoms with Gasteiger partial charge in [0.25, 0.3) is 0 Å². The smallest absolute Gasteiger partial charge is 0.236 e. The minimum absolute atomic E-state index is 0.0823. The number of thioether (sulfide) groups is 1. The third kappa shape index (κ3) is 6.04. The van der Waals surface area contributed by atoms with Gasteiger partial charge in [-0.25, -0.2) is 0 Å². The molecule has 0 saturated carbocycles. The van der Waals surface area contributed by atoms with Crippen molar-refractivity contribution >= 4 is 29.3 Å². The second-order valence-electron chi connectivity index (χ2n) is 6.48. The molecule has 0 aliphatic carbocycles. The highest BCUT2D eigenvalue weighted by atomic mass is 32.2. The van der Waals surface area contributed by atoms with E-state index in [0.717, 1.165) is 49.5 Å². The largest absolute Gasteiger partial charge is 0.339 e. The molecule has 1 heterocycles. The molecule has 2 N–H and O–H groups in total. The maximum absolute atomic E-state index is 13.0. The summed E-state index contributed by atoms with van der Waals surface area (Å²) in [7, 11) is 0. The number of hydrogen-bond acceptors (Lipinski definition) is 4. The lowest BCUT2D eigenvalue weighted by molar-refractivity contribution is -0.133. The maximum Gasteiger partial charge on any atom is 0.236 e. The normalized spacial score (nSPS) is 16.3. The number of benzene rings is 1. The van der Waals surface area contributed by atoms with Crippen LogP contribution in [0.5, 0.6) is 0 Å². The molecule has 1 fully saturated rings. The highest BCUT2D eigenvalue weighted by molar-refractivity contribution is 8.00. The number of carbonyl (C=O) groups excluding carboxylic acids is 2. The number of amides is 2. The van der Waals surface area contributed by atoms with Gasteiger partial charge >= 0.3 is 0 Å². The third-order valence-electron chi connectivity index (χ3n) is 4.33. The van der Waals surface area contributed by atoms with E-state index >= 15 is 0 Å². The molecule has 0 bridgehead atoms. The molecule has 6 heteroatoms. The first kappa shape index (κ1) is 19.8. The van der Waals surface area contributed by atoms with Crippen molar-refractivity contribution in [1.29, 1.82) is 0 Å². The Kier molecular flexibility index (Phi) is 7.78. The lowest BCUT2D eigenvalue weighted by Gasteiger charge is -2.36. The molecule has 1 aliphatic heterocycles. The number of rotatable bonds is 7. The van der Waals surface area contributed by atoms with E-state index in [1.54, 1.807) is 11.8 Å². The standard InChI is InChI=1S/C19H29N3O2S/c1-4-13-22(17-9-11-20-12-10-17)19(24)14(2)25-18-7-5-16(6-8-18)21-15(3)23/h5-8,14,17,20H,4,9-13H2,1-3H3,(H,21,23). The van der Waals surface area contributed by atoms with Crippen LogP contribution in [-0.4, -0.2) is 47.6 Å². The van der Waals surface area contributed by atoms with Crippen molar-refractivity contribution in [3.05, 3.63) is 24.3 Å². The van der Waals surface area contributed by atoms with Crippen LogP contribution < -0.4 is 10.6 Å². The van der Waals surface area contributed by atoms with Crippen LogP contribution in [0.25, 0.3) is 0 Å². The summed E-state index contributed by atoms with van der Waals surface area (Å²) >= 11 is 1.58. The number of anilines is 1. The molecule has 1 unspecified atom stereocenters. The van der Waals surface area contributed by atoms with E-state index in [1.165, 1.54) is 6.92 Å². The Labute approximate surface area is 154 Å². The van der Waals surface area contributed by atoms with Gasteiger partial charge in [0, 0.05) is 30.1 Å². The van der Waals surface area contributed by atoms with Crippen molar-refractivity contribution < 1.29 is 9.59 Å². The predicted octanol–water partition coefficient (Wildman–Crippen LogP) is 3.12. The Balaban J connectivity index is 1.98. The van der Waals surface area contributed by atoms with Crippen molar-refractivity contribution in [3.8, 4) is 0 Å². The van der Waals surface area contributed by atoms with Crippen LogP contribution in [0.1, 0.15) is 40.0 Å². The highest BCUT2D eigenvalue weighted by Gasteiger charge is 2.28. The molecule has 1 atom stereocenters. The number of piperidine rings is 1. The molecule has 138 valence electrons. The average Bonchev–Trinajstić information content (AvgIpc) is 2.61. The van der Waals surface area contributed by atoms with Crippen LogP contribution in [0.15, 0.2) is 29.2 Å². The molecule has 5 nitrogen and oxygen atoms in total. The minimum atomic E-state index is -0.118. The maximum atomic E-state index is 13.0. The molecule has 2 amide bonds. The van der Waals surface area contributed by atoms with Crippen LogP contribution in [0.4, 0.5) is 5.69 Å². The van der Waals surface area contributed by atoms with Gasteiger partial charge in [-0.1, -0.05) is 6.92 Å². The van der Waals surface area contributed by atoms with Crippen LogP contribution in [0.2, 0.25) is 0 Å². The summed E-state index contributed by atoms with van der Waals surface area (Å²) in [6.45, 7) is 8.41. The van der Waals surface area contributed by atoms with Crippen molar-refractivity contribution in [2.75, 3.05) is 25.0 Å². The molecule has 1 aromatic carbocycles. The Morgan fingerprint density at radius 1 is 1.28 bits per heavy atom. The van der Waals surface area contributed by atoms with Crippen LogP contribution in [-0.2, 0) is 9.59 Å². The predicted molar refractivity (Wildman–Crippen MR) is 104 cm³/mol. The zero-order valence-electron chi connectivity index (χ0n) is 15.4. The van der Waals surface area contributed by atoms with E-state index in [2.05, 4.69) is 22.5 Å². The molecule has 1 aliphatic rings. The summed E-state index contributed by atoms with van der Waals surface area (Å²) in [5, 5.41) is 6.00. The minimum Gasteiger partial charge on any atom is -0.339 e. The summed E-state index contributed by atoms with van der Waals surface area (Å²) in [6, 6.07) is 8.01. The fourth-order valence-electron chi connectivity index (χ4n) is 3.14. The van der Waals surface area contributed by atoms with Gasteiger partial charge in [0.1, 0.15) is 0 Å². The Hall–Kier alpha value is -1.53. The molecule has 1 aromatic rings. The fraction of sp³-hybridized carbons (Fsp3) is 0.579. The third-order valence-corrected chi connectivity index (χ3v) is 5.43. The summed E-state index contributed by atoms with van der Waals surface area (Å²) in [5.74, 6) is 0.144. The molecule has 2 rings (SSSR count). The van der Waals surface area contributed by atoms with E-state index < -0.39 is 0 Å². The van der Waals surface area contributed by atoms with Gasteiger partial charge in [-0.15, -0.1) is 11.8 Å². The monoisotopic (exact) mass is 363 g/mol. The second kappa shape index (κ2) is 9.82. The lowest BCUT2D eigenvalue weighted by atomic mass is 10.0. The van der Waals surface area contributed by atoms with E-state index in [-0.39, 0.29) is 17.1 Å². The van der Waals surface area contributed by atoms with Crippen LogP contribution in [0, 0.1) is 0 Å². The topological polar surface area (TPSA) is 61.4 Å². The van der Waals surface area contributed by atoms with Crippen LogP contribution >= 0.6 is 11.8 Å². The van der Waals surface area contributed by atoms with Crippen molar-refractivity contribution in [1.82, 2.24) is 10.2 Å². The SMILES string of the molecule is CCCN(C(=O)C(C)Sc1ccc(NC(C)=O)cc1)C1CCNCC1. The number of nitrogens with one attached hydrogen (secondary N) is 2. The molecule has 25 heavy (non-hydrogen) atoms. The summed E-state index contributed by atoms with van der Waals surface area (Å²) in [4.78, 5) is 27.2. The first-order chi connectivity index (χ1) is 12.0. The summed E-state index contributed by atoms with van der Waals surface area (Å²) in [5.41, 5.74) is 0.776. The van der Waals surface area contributed by atoms with E-state index in [4.69, 9.17) is 0 Å². The lowest BCUT2D eigenvalue weighted by Crippen LogP contribution is -2.48. The van der Waals surface area contributed by atoms with Gasteiger partial charge in [-0.05, 0) is 63.5 Å². The molecular weight excluding hydrogens is 334 g/mol. The van der Waals surface area contributed by atoms with Crippen LogP contribution in [0.3, 0.4) is 0 Å². The summed E-state index contributed by atoms with van der Waals surface area (Å²) < 4.78 is 0. The molecule has 1 saturated heterocycles. The number of nitrogens with zero attached hydrogens (tertiary/aromatic N) is 1. The van der Waals surface area contributed by atoms with Gasteiger partial charge in [0.2, 0.25) is 11.8 Å². The number of hydrogen-bond donors (Lipinski definition) is 2. The highest BCUT2D eigenvalue weighted by Crippen LogP contribution is 2.27. The molecule has 0 aromatic heterocycles. The van der Waals surface area contributed by atoms with E-state index in [0.29, 0.717) is 6.04 Å².